The van der Waals surface area contributed by atoms with Gasteiger partial charge in [-0.15, -0.1) is 11.3 Å². The maximum absolute atomic E-state index is 13.4. The molecule has 1 saturated heterocycles. The Morgan fingerprint density at radius 1 is 0.889 bits per heavy atom. The van der Waals surface area contributed by atoms with Gasteiger partial charge in [-0.25, -0.2) is 12.8 Å². The number of sulfone groups is 1. The Bertz CT molecular complexity index is 1320. The van der Waals surface area contributed by atoms with E-state index in [1.807, 2.05) is 30.3 Å². The van der Waals surface area contributed by atoms with Crippen LogP contribution in [-0.4, -0.2) is 67.5 Å². The van der Waals surface area contributed by atoms with E-state index >= 15 is 0 Å². The summed E-state index contributed by atoms with van der Waals surface area (Å²) in [5.74, 6) is -2.23. The minimum atomic E-state index is -4.39. The molecule has 1 aliphatic rings. The Morgan fingerprint density at radius 3 is 2.14 bits per heavy atom. The van der Waals surface area contributed by atoms with Crippen LogP contribution in [0.25, 0.3) is 0 Å². The predicted octanol–water partition coefficient (Wildman–Crippen LogP) is 2.33. The zero-order chi connectivity index (χ0) is 25.7. The van der Waals surface area contributed by atoms with Gasteiger partial charge in [-0.05, 0) is 41.3 Å². The lowest BCUT2D eigenvalue weighted by Crippen LogP contribution is -2.58. The molecular weight excluding hydrogens is 505 g/mol. The average molecular weight is 530 g/mol. The molecule has 188 valence electrons. The zero-order valence-corrected chi connectivity index (χ0v) is 20.8. The number of hydrogen-bond donors (Lipinski definition) is 1. The van der Waals surface area contributed by atoms with Crippen LogP contribution < -0.4 is 5.32 Å². The van der Waals surface area contributed by atoms with E-state index in [2.05, 4.69) is 5.32 Å². The van der Waals surface area contributed by atoms with Crippen LogP contribution in [0.4, 0.5) is 4.39 Å². The highest BCUT2D eigenvalue weighted by molar-refractivity contribution is 7.92. The van der Waals surface area contributed by atoms with Gasteiger partial charge in [-0.2, -0.15) is 0 Å². The zero-order valence-electron chi connectivity index (χ0n) is 19.2. The highest BCUT2D eigenvalue weighted by Crippen LogP contribution is 2.20. The third-order valence-corrected chi connectivity index (χ3v) is 8.56. The van der Waals surface area contributed by atoms with Gasteiger partial charge < -0.3 is 15.1 Å². The van der Waals surface area contributed by atoms with E-state index in [9.17, 15) is 27.2 Å². The number of benzene rings is 2. The minimum Gasteiger partial charge on any atom is -0.339 e. The Labute approximate surface area is 212 Å². The van der Waals surface area contributed by atoms with E-state index in [0.29, 0.717) is 0 Å². The first kappa shape index (κ1) is 25.5. The second kappa shape index (κ2) is 11.0. The van der Waals surface area contributed by atoms with Gasteiger partial charge in [-0.1, -0.05) is 36.4 Å². The number of nitrogens with one attached hydrogen (secondary N) is 1. The highest BCUT2D eigenvalue weighted by Gasteiger charge is 2.39. The number of carbonyl (C=O) groups is 3. The van der Waals surface area contributed by atoms with Gasteiger partial charge in [0.05, 0.1) is 16.2 Å². The molecule has 36 heavy (non-hydrogen) atoms. The number of hydrogen-bond acceptors (Lipinski definition) is 6. The lowest BCUT2D eigenvalue weighted by atomic mass is 10.1. The summed E-state index contributed by atoms with van der Waals surface area (Å²) in [4.78, 5) is 41.7. The summed E-state index contributed by atoms with van der Waals surface area (Å²) in [5, 5.41) is 2.11. The van der Waals surface area contributed by atoms with Gasteiger partial charge in [0.15, 0.2) is 0 Å². The van der Waals surface area contributed by atoms with Gasteiger partial charge >= 0.3 is 0 Å². The molecule has 0 bridgehead atoms. The molecule has 1 unspecified atom stereocenters. The molecule has 1 N–H and O–H groups in total. The number of halogens is 1. The van der Waals surface area contributed by atoms with Crippen molar-refractivity contribution in [3.05, 3.63) is 88.4 Å². The van der Waals surface area contributed by atoms with Gasteiger partial charge in [-0.3, -0.25) is 14.4 Å². The second-order valence-electron chi connectivity index (χ2n) is 8.20. The van der Waals surface area contributed by atoms with E-state index < -0.39 is 32.8 Å². The number of nitrogens with zero attached hydrogens (tertiary/aromatic N) is 2. The number of thiophene rings is 1. The van der Waals surface area contributed by atoms with E-state index in [1.54, 1.807) is 16.3 Å². The Hall–Kier alpha value is -3.57. The molecule has 0 saturated carbocycles. The van der Waals surface area contributed by atoms with Crippen molar-refractivity contribution < 1.29 is 27.2 Å². The average Bonchev–Trinajstić information content (AvgIpc) is 3.43. The standard InChI is InChI=1S/C25H24FN3O5S2/c26-19-8-10-20(11-9-19)36(33,34)24(27-23(31)21-7-4-16-35-21)25(32)29-14-12-28(13-15-29)22(30)17-18-5-2-1-3-6-18/h1-11,16,24H,12-15,17H2,(H,27,31). The first-order chi connectivity index (χ1) is 17.3. The molecule has 0 radical (unpaired) electrons. The van der Waals surface area contributed by atoms with Crippen LogP contribution in [0.5, 0.6) is 0 Å². The topological polar surface area (TPSA) is 104 Å². The molecule has 8 nitrogen and oxygen atoms in total. The fourth-order valence-electron chi connectivity index (χ4n) is 3.85. The van der Waals surface area contributed by atoms with Crippen LogP contribution >= 0.6 is 11.3 Å². The van der Waals surface area contributed by atoms with E-state index in [4.69, 9.17) is 0 Å². The molecule has 1 aliphatic heterocycles. The van der Waals surface area contributed by atoms with Crippen LogP contribution in [-0.2, 0) is 25.8 Å². The molecular formula is C25H24FN3O5S2. The molecule has 11 heteroatoms. The maximum atomic E-state index is 13.4. The van der Waals surface area contributed by atoms with Crippen molar-refractivity contribution in [3.8, 4) is 0 Å². The largest absolute Gasteiger partial charge is 0.339 e. The van der Waals surface area contributed by atoms with Crippen LogP contribution in [0.15, 0.2) is 77.0 Å². The first-order valence-corrected chi connectivity index (χ1v) is 13.6. The maximum Gasteiger partial charge on any atom is 0.262 e. The summed E-state index contributed by atoms with van der Waals surface area (Å²) < 4.78 is 40.1. The quantitative estimate of drug-likeness (QED) is 0.473. The molecule has 0 aliphatic carbocycles. The van der Waals surface area contributed by atoms with Crippen molar-refractivity contribution in [2.75, 3.05) is 26.2 Å². The van der Waals surface area contributed by atoms with Gasteiger partial charge in [0.2, 0.25) is 21.1 Å². The minimum absolute atomic E-state index is 0.0882. The lowest BCUT2D eigenvalue weighted by molar-refractivity contribution is -0.139. The third-order valence-electron chi connectivity index (χ3n) is 5.83. The number of rotatable bonds is 7. The number of carbonyl (C=O) groups excluding carboxylic acids is 3. The summed E-state index contributed by atoms with van der Waals surface area (Å²) in [6.45, 7) is 0.701. The van der Waals surface area contributed by atoms with Crippen molar-refractivity contribution in [1.29, 1.82) is 0 Å². The van der Waals surface area contributed by atoms with E-state index in [-0.39, 0.29) is 48.3 Å². The van der Waals surface area contributed by atoms with Gasteiger partial charge in [0.25, 0.3) is 11.8 Å². The molecule has 1 aromatic heterocycles. The molecule has 3 aromatic rings. The van der Waals surface area contributed by atoms with Crippen LogP contribution in [0.2, 0.25) is 0 Å². The van der Waals surface area contributed by atoms with Gasteiger partial charge in [0.1, 0.15) is 5.82 Å². The summed E-state index contributed by atoms with van der Waals surface area (Å²) in [5.41, 5.74) is 0.878. The monoisotopic (exact) mass is 529 g/mol. The molecule has 1 atom stereocenters. The number of piperazine rings is 1. The normalized spacial score (nSPS) is 14.8. The SMILES string of the molecule is O=C(NC(C(=O)N1CCN(C(=O)Cc2ccccc2)CC1)S(=O)(=O)c1ccc(F)cc1)c1cccs1. The molecule has 2 aromatic carbocycles. The predicted molar refractivity (Wildman–Crippen MR) is 132 cm³/mol. The number of amides is 3. The third kappa shape index (κ3) is 5.80. The highest BCUT2D eigenvalue weighted by atomic mass is 32.2. The second-order valence-corrected chi connectivity index (χ2v) is 11.2. The van der Waals surface area contributed by atoms with Crippen molar-refractivity contribution >= 4 is 38.9 Å². The molecule has 3 amide bonds. The fourth-order valence-corrected chi connectivity index (χ4v) is 5.95. The lowest BCUT2D eigenvalue weighted by Gasteiger charge is -2.36. The van der Waals surface area contributed by atoms with Crippen LogP contribution in [0.1, 0.15) is 15.2 Å². The van der Waals surface area contributed by atoms with E-state index in [1.165, 1.54) is 11.0 Å². The summed E-state index contributed by atoms with van der Waals surface area (Å²) in [6, 6.07) is 16.5. The smallest absolute Gasteiger partial charge is 0.262 e. The summed E-state index contributed by atoms with van der Waals surface area (Å²) in [6.07, 6.45) is 0.229. The van der Waals surface area contributed by atoms with Crippen molar-refractivity contribution in [2.24, 2.45) is 0 Å². The fraction of sp³-hybridized carbons (Fsp3) is 0.240. The summed E-state index contributed by atoms with van der Waals surface area (Å²) >= 11 is 1.11. The van der Waals surface area contributed by atoms with Crippen molar-refractivity contribution in [2.45, 2.75) is 16.7 Å². The Morgan fingerprint density at radius 2 is 1.53 bits per heavy atom. The Kier molecular flexibility index (Phi) is 7.80. The summed E-state index contributed by atoms with van der Waals surface area (Å²) in [7, 11) is -4.39. The molecule has 4 rings (SSSR count). The van der Waals surface area contributed by atoms with Crippen molar-refractivity contribution in [1.82, 2.24) is 15.1 Å². The van der Waals surface area contributed by atoms with Crippen molar-refractivity contribution in [3.63, 3.8) is 0 Å². The molecule has 0 spiro atoms. The van der Waals surface area contributed by atoms with E-state index in [0.717, 1.165) is 41.2 Å². The van der Waals surface area contributed by atoms with Crippen LogP contribution in [0, 0.1) is 5.82 Å². The Balaban J connectivity index is 1.49. The van der Waals surface area contributed by atoms with Crippen LogP contribution in [0.3, 0.4) is 0 Å². The molecule has 1 fully saturated rings. The van der Waals surface area contributed by atoms with Gasteiger partial charge in [0, 0.05) is 26.2 Å². The molecule has 2 heterocycles. The first-order valence-electron chi connectivity index (χ1n) is 11.2.